The van der Waals surface area contributed by atoms with Crippen molar-refractivity contribution in [2.24, 2.45) is 7.05 Å². The second-order valence-electron chi connectivity index (χ2n) is 5.17. The van der Waals surface area contributed by atoms with E-state index >= 15 is 0 Å². The van der Waals surface area contributed by atoms with Crippen molar-refractivity contribution in [3.8, 4) is 11.4 Å². The third-order valence-corrected chi connectivity index (χ3v) is 5.44. The van der Waals surface area contributed by atoms with E-state index in [1.165, 1.54) is 11.8 Å². The van der Waals surface area contributed by atoms with E-state index < -0.39 is 0 Å². The Morgan fingerprint density at radius 2 is 2.00 bits per heavy atom. The molecular weight excluding hydrogens is 417 g/mol. The van der Waals surface area contributed by atoms with Gasteiger partial charge < -0.3 is 9.88 Å². The summed E-state index contributed by atoms with van der Waals surface area (Å²) in [5, 5.41) is 12.7. The molecule has 1 aromatic carbocycles. The molecule has 0 unspecified atom stereocenters. The van der Waals surface area contributed by atoms with Gasteiger partial charge in [0.2, 0.25) is 5.91 Å². The molecule has 2 heterocycles. The van der Waals surface area contributed by atoms with Crippen LogP contribution in [0.1, 0.15) is 0 Å². The van der Waals surface area contributed by atoms with Gasteiger partial charge in [-0.3, -0.25) is 4.79 Å². The Morgan fingerprint density at radius 3 is 2.73 bits per heavy atom. The quantitative estimate of drug-likeness (QED) is 0.476. The van der Waals surface area contributed by atoms with E-state index in [2.05, 4.69) is 20.5 Å². The second kappa shape index (κ2) is 8.26. The molecule has 0 spiro atoms. The van der Waals surface area contributed by atoms with Crippen LogP contribution in [0, 0.1) is 0 Å². The maximum atomic E-state index is 12.1. The first-order valence-corrected chi connectivity index (χ1v) is 9.45. The summed E-state index contributed by atoms with van der Waals surface area (Å²) in [5.74, 6) is 0.559. The minimum absolute atomic E-state index is 0.151. The number of nitrogens with zero attached hydrogens (tertiary/aromatic N) is 4. The number of carbonyl (C=O) groups excluding carboxylic acids is 1. The molecule has 0 aliphatic carbocycles. The average molecular weight is 429 g/mol. The van der Waals surface area contributed by atoms with Crippen molar-refractivity contribution in [3.63, 3.8) is 0 Å². The number of amides is 1. The minimum atomic E-state index is -0.219. The molecular formula is C16H12Cl3N5OS. The lowest BCUT2D eigenvalue weighted by Gasteiger charge is -2.07. The molecule has 0 fully saturated rings. The van der Waals surface area contributed by atoms with E-state index in [9.17, 15) is 4.79 Å². The first kappa shape index (κ1) is 19.0. The van der Waals surface area contributed by atoms with Crippen LogP contribution in [-0.4, -0.2) is 31.4 Å². The molecule has 6 nitrogen and oxygen atoms in total. The predicted octanol–water partition coefficient (Wildman–Crippen LogP) is 4.57. The normalized spacial score (nSPS) is 10.8. The van der Waals surface area contributed by atoms with Gasteiger partial charge in [0.25, 0.3) is 0 Å². The van der Waals surface area contributed by atoms with E-state index in [0.717, 1.165) is 5.56 Å². The van der Waals surface area contributed by atoms with Gasteiger partial charge in [-0.15, -0.1) is 10.2 Å². The SMILES string of the molecule is Cn1c(SCC(=O)Nc2cccnc2Cl)nnc1-c1ccc(Cl)c(Cl)c1. The van der Waals surface area contributed by atoms with Crippen LogP contribution in [0.4, 0.5) is 5.69 Å². The molecule has 2 aromatic heterocycles. The standard InChI is InChI=1S/C16H12Cl3N5OS/c1-24-15(9-4-5-10(17)11(18)7-9)22-23-16(24)26-8-13(25)21-12-3-2-6-20-14(12)19/h2-7H,8H2,1H3,(H,21,25). The van der Waals surface area contributed by atoms with Crippen molar-refractivity contribution >= 4 is 58.2 Å². The predicted molar refractivity (Wildman–Crippen MR) is 105 cm³/mol. The molecule has 0 saturated heterocycles. The Labute approximate surface area is 168 Å². The summed E-state index contributed by atoms with van der Waals surface area (Å²) in [6.07, 6.45) is 1.55. The van der Waals surface area contributed by atoms with Crippen LogP contribution in [0.5, 0.6) is 0 Å². The monoisotopic (exact) mass is 427 g/mol. The number of rotatable bonds is 5. The van der Waals surface area contributed by atoms with Crippen LogP contribution in [0.25, 0.3) is 11.4 Å². The maximum absolute atomic E-state index is 12.1. The molecule has 0 atom stereocenters. The van der Waals surface area contributed by atoms with Crippen molar-refractivity contribution in [2.45, 2.75) is 5.16 Å². The molecule has 0 aliphatic rings. The van der Waals surface area contributed by atoms with Gasteiger partial charge in [0.15, 0.2) is 16.1 Å². The summed E-state index contributed by atoms with van der Waals surface area (Å²) in [5.41, 5.74) is 1.25. The molecule has 10 heteroatoms. The Balaban J connectivity index is 1.68. The summed E-state index contributed by atoms with van der Waals surface area (Å²) in [4.78, 5) is 16.0. The van der Waals surface area contributed by atoms with Crippen molar-refractivity contribution in [3.05, 3.63) is 51.7 Å². The summed E-state index contributed by atoms with van der Waals surface area (Å²) < 4.78 is 1.79. The summed E-state index contributed by atoms with van der Waals surface area (Å²) in [7, 11) is 1.82. The van der Waals surface area contributed by atoms with Crippen molar-refractivity contribution in [1.82, 2.24) is 19.7 Å². The van der Waals surface area contributed by atoms with Crippen LogP contribution in [0.3, 0.4) is 0 Å². The average Bonchev–Trinajstić information content (AvgIpc) is 2.98. The number of halogens is 3. The van der Waals surface area contributed by atoms with E-state index in [4.69, 9.17) is 34.8 Å². The number of hydrogen-bond donors (Lipinski definition) is 1. The molecule has 134 valence electrons. The molecule has 1 amide bonds. The van der Waals surface area contributed by atoms with Gasteiger partial charge in [-0.05, 0) is 30.3 Å². The zero-order valence-electron chi connectivity index (χ0n) is 13.4. The molecule has 3 rings (SSSR count). The zero-order chi connectivity index (χ0) is 18.7. The lowest BCUT2D eigenvalue weighted by molar-refractivity contribution is -0.113. The fourth-order valence-corrected chi connectivity index (χ4v) is 3.30. The van der Waals surface area contributed by atoms with E-state index in [1.807, 2.05) is 13.1 Å². The van der Waals surface area contributed by atoms with Crippen molar-refractivity contribution < 1.29 is 4.79 Å². The highest BCUT2D eigenvalue weighted by atomic mass is 35.5. The van der Waals surface area contributed by atoms with Gasteiger partial charge in [-0.1, -0.05) is 46.6 Å². The highest BCUT2D eigenvalue weighted by Crippen LogP contribution is 2.29. The first-order chi connectivity index (χ1) is 12.5. The smallest absolute Gasteiger partial charge is 0.234 e. The van der Waals surface area contributed by atoms with Gasteiger partial charge in [-0.25, -0.2) is 4.98 Å². The van der Waals surface area contributed by atoms with Crippen LogP contribution < -0.4 is 5.32 Å². The van der Waals surface area contributed by atoms with Crippen LogP contribution in [-0.2, 0) is 11.8 Å². The number of aromatic nitrogens is 4. The number of benzene rings is 1. The number of carbonyl (C=O) groups is 1. The van der Waals surface area contributed by atoms with Gasteiger partial charge in [0.1, 0.15) is 0 Å². The van der Waals surface area contributed by atoms with Gasteiger partial charge in [-0.2, -0.15) is 0 Å². The lowest BCUT2D eigenvalue weighted by Crippen LogP contribution is -2.15. The zero-order valence-corrected chi connectivity index (χ0v) is 16.5. The Morgan fingerprint density at radius 1 is 1.19 bits per heavy atom. The fraction of sp³-hybridized carbons (Fsp3) is 0.125. The van der Waals surface area contributed by atoms with Gasteiger partial charge >= 0.3 is 0 Å². The largest absolute Gasteiger partial charge is 0.323 e. The number of thioether (sulfide) groups is 1. The van der Waals surface area contributed by atoms with Gasteiger partial charge in [0, 0.05) is 18.8 Å². The number of nitrogens with one attached hydrogen (secondary N) is 1. The Bertz CT molecular complexity index is 963. The summed E-state index contributed by atoms with van der Waals surface area (Å²) in [6.45, 7) is 0. The fourth-order valence-electron chi connectivity index (χ4n) is 2.12. The number of pyridine rings is 1. The summed E-state index contributed by atoms with van der Waals surface area (Å²) in [6, 6.07) is 8.61. The molecule has 0 aliphatic heterocycles. The Hall–Kier alpha value is -1.80. The topological polar surface area (TPSA) is 72.7 Å². The van der Waals surface area contributed by atoms with Crippen LogP contribution in [0.2, 0.25) is 15.2 Å². The van der Waals surface area contributed by atoms with Gasteiger partial charge in [0.05, 0.1) is 21.5 Å². The van der Waals surface area contributed by atoms with Crippen LogP contribution in [0.15, 0.2) is 41.7 Å². The second-order valence-corrected chi connectivity index (χ2v) is 7.29. The van der Waals surface area contributed by atoms with Crippen molar-refractivity contribution in [1.29, 1.82) is 0 Å². The first-order valence-electron chi connectivity index (χ1n) is 7.33. The Kier molecular flexibility index (Phi) is 6.03. The van der Waals surface area contributed by atoms with Crippen LogP contribution >= 0.6 is 46.6 Å². The third kappa shape index (κ3) is 4.29. The van der Waals surface area contributed by atoms with E-state index in [-0.39, 0.29) is 16.8 Å². The molecule has 0 bridgehead atoms. The summed E-state index contributed by atoms with van der Waals surface area (Å²) >= 11 is 19.2. The maximum Gasteiger partial charge on any atom is 0.234 e. The molecule has 0 radical (unpaired) electrons. The van der Waals surface area contributed by atoms with E-state index in [0.29, 0.717) is 26.7 Å². The van der Waals surface area contributed by atoms with E-state index in [1.54, 1.807) is 35.0 Å². The molecule has 3 aromatic rings. The molecule has 0 saturated carbocycles. The molecule has 1 N–H and O–H groups in total. The third-order valence-electron chi connectivity index (χ3n) is 3.38. The number of hydrogen-bond acceptors (Lipinski definition) is 5. The molecule has 26 heavy (non-hydrogen) atoms. The van der Waals surface area contributed by atoms with Crippen molar-refractivity contribution in [2.75, 3.05) is 11.1 Å². The lowest BCUT2D eigenvalue weighted by atomic mass is 10.2. The highest BCUT2D eigenvalue weighted by molar-refractivity contribution is 7.99. The highest BCUT2D eigenvalue weighted by Gasteiger charge is 2.14. The minimum Gasteiger partial charge on any atom is -0.323 e. The number of anilines is 1.